The average molecular weight is 499 g/mol. The van der Waals surface area contributed by atoms with E-state index < -0.39 is 0 Å². The summed E-state index contributed by atoms with van der Waals surface area (Å²) in [5.41, 5.74) is 1.91. The van der Waals surface area contributed by atoms with E-state index in [2.05, 4.69) is 47.8 Å². The maximum atomic E-state index is 6.33. The zero-order valence-electron chi connectivity index (χ0n) is 11.3. The van der Waals surface area contributed by atoms with E-state index in [1.54, 1.807) is 14.2 Å². The van der Waals surface area contributed by atoms with Crippen molar-refractivity contribution in [2.75, 3.05) is 14.2 Å². The van der Waals surface area contributed by atoms with E-state index in [4.69, 9.17) is 21.1 Å². The quantitative estimate of drug-likeness (QED) is 0.456. The summed E-state index contributed by atoms with van der Waals surface area (Å²) in [7, 11) is 3.27. The molecular weight excluding hydrogens is 487 g/mol. The molecule has 0 aliphatic heterocycles. The lowest BCUT2D eigenvalue weighted by atomic mass is 10.0. The first-order valence-electron chi connectivity index (χ1n) is 5.98. The molecule has 112 valence electrons. The summed E-state index contributed by atoms with van der Waals surface area (Å²) < 4.78 is 12.6. The van der Waals surface area contributed by atoms with E-state index in [-0.39, 0.29) is 4.83 Å². The Kier molecular flexibility index (Phi) is 6.00. The van der Waals surface area contributed by atoms with Crippen molar-refractivity contribution in [3.05, 3.63) is 55.4 Å². The molecule has 2 nitrogen and oxygen atoms in total. The molecule has 0 aliphatic carbocycles. The van der Waals surface area contributed by atoms with Crippen LogP contribution < -0.4 is 9.47 Å². The molecule has 2 aromatic rings. The van der Waals surface area contributed by atoms with Crippen LogP contribution in [0.2, 0.25) is 5.02 Å². The van der Waals surface area contributed by atoms with Gasteiger partial charge in [0.2, 0.25) is 0 Å². The second-order valence-corrected chi connectivity index (χ2v) is 7.35. The fourth-order valence-corrected chi connectivity index (χ4v) is 4.11. The summed E-state index contributed by atoms with van der Waals surface area (Å²) in [6.45, 7) is 0. The van der Waals surface area contributed by atoms with Crippen molar-refractivity contribution in [1.29, 1.82) is 0 Å². The molecule has 1 unspecified atom stereocenters. The summed E-state index contributed by atoms with van der Waals surface area (Å²) >= 11 is 16.9. The smallest absolute Gasteiger partial charge is 0.133 e. The Morgan fingerprint density at radius 1 is 0.952 bits per heavy atom. The molecule has 1 atom stereocenters. The topological polar surface area (TPSA) is 18.5 Å². The highest BCUT2D eigenvalue weighted by molar-refractivity contribution is 9.11. The lowest BCUT2D eigenvalue weighted by Crippen LogP contribution is -1.99. The Labute approximate surface area is 154 Å². The number of benzene rings is 2. The predicted octanol–water partition coefficient (Wildman–Crippen LogP) is 6.37. The lowest BCUT2D eigenvalue weighted by molar-refractivity contribution is 0.397. The molecule has 0 amide bonds. The Morgan fingerprint density at radius 3 is 2.19 bits per heavy atom. The van der Waals surface area contributed by atoms with E-state index in [0.717, 1.165) is 31.6 Å². The standard InChI is InChI=1S/C15H12Br3ClO2/c1-20-13-7-11(17)14(21-2)6-10(13)15(18)9-4-3-8(16)5-12(9)19/h3-7,15H,1-2H3. The fraction of sp³-hybridized carbons (Fsp3) is 0.200. The summed E-state index contributed by atoms with van der Waals surface area (Å²) in [6.07, 6.45) is 0. The van der Waals surface area contributed by atoms with E-state index in [1.165, 1.54) is 0 Å². The van der Waals surface area contributed by atoms with Crippen LogP contribution in [-0.4, -0.2) is 14.2 Å². The van der Waals surface area contributed by atoms with Crippen molar-refractivity contribution >= 4 is 59.4 Å². The number of methoxy groups -OCH3 is 2. The molecule has 0 aromatic heterocycles. The number of rotatable bonds is 4. The van der Waals surface area contributed by atoms with Gasteiger partial charge in [0.25, 0.3) is 0 Å². The minimum absolute atomic E-state index is 0.102. The SMILES string of the molecule is COc1cc(C(Br)c2ccc(Br)cc2Cl)c(OC)cc1Br. The summed E-state index contributed by atoms with van der Waals surface area (Å²) in [5, 5.41) is 0.676. The average Bonchev–Trinajstić information content (AvgIpc) is 2.46. The molecule has 0 bridgehead atoms. The molecule has 0 heterocycles. The first kappa shape index (κ1) is 17.1. The number of hydrogen-bond donors (Lipinski definition) is 0. The van der Waals surface area contributed by atoms with Crippen molar-refractivity contribution < 1.29 is 9.47 Å². The van der Waals surface area contributed by atoms with Gasteiger partial charge in [-0.2, -0.15) is 0 Å². The normalized spacial score (nSPS) is 12.1. The maximum absolute atomic E-state index is 6.33. The van der Waals surface area contributed by atoms with Gasteiger partial charge in [0.15, 0.2) is 0 Å². The highest BCUT2D eigenvalue weighted by Crippen LogP contribution is 2.43. The highest BCUT2D eigenvalue weighted by Gasteiger charge is 2.20. The number of alkyl halides is 1. The molecule has 2 rings (SSSR count). The molecule has 21 heavy (non-hydrogen) atoms. The molecule has 0 aliphatic rings. The number of halogens is 4. The fourth-order valence-electron chi connectivity index (χ4n) is 1.96. The molecule has 0 spiro atoms. The van der Waals surface area contributed by atoms with Gasteiger partial charge in [-0.25, -0.2) is 0 Å². The monoisotopic (exact) mass is 496 g/mol. The third-order valence-electron chi connectivity index (χ3n) is 3.01. The third-order valence-corrected chi connectivity index (χ3v) is 5.44. The van der Waals surface area contributed by atoms with Crippen molar-refractivity contribution in [3.8, 4) is 11.5 Å². The predicted molar refractivity (Wildman–Crippen MR) is 97.2 cm³/mol. The van der Waals surface area contributed by atoms with E-state index in [1.807, 2.05) is 30.3 Å². The molecule has 0 saturated carbocycles. The molecule has 0 saturated heterocycles. The van der Waals surface area contributed by atoms with Crippen LogP contribution in [0.5, 0.6) is 11.5 Å². The van der Waals surface area contributed by atoms with Gasteiger partial charge in [0.05, 0.1) is 23.5 Å². The Bertz CT molecular complexity index is 662. The van der Waals surface area contributed by atoms with Crippen LogP contribution in [-0.2, 0) is 0 Å². The van der Waals surface area contributed by atoms with Gasteiger partial charge in [-0.15, -0.1) is 0 Å². The first-order valence-corrected chi connectivity index (χ1v) is 8.86. The lowest BCUT2D eigenvalue weighted by Gasteiger charge is -2.18. The van der Waals surface area contributed by atoms with Crippen LogP contribution in [0, 0.1) is 0 Å². The van der Waals surface area contributed by atoms with Gasteiger partial charge in [-0.05, 0) is 45.8 Å². The van der Waals surface area contributed by atoms with E-state index in [0.29, 0.717) is 5.02 Å². The van der Waals surface area contributed by atoms with E-state index >= 15 is 0 Å². The van der Waals surface area contributed by atoms with Crippen LogP contribution in [0.25, 0.3) is 0 Å². The molecule has 6 heteroatoms. The second kappa shape index (κ2) is 7.36. The Balaban J connectivity index is 2.53. The van der Waals surface area contributed by atoms with Crippen LogP contribution >= 0.6 is 59.4 Å². The molecule has 0 radical (unpaired) electrons. The third kappa shape index (κ3) is 3.76. The zero-order chi connectivity index (χ0) is 15.6. The van der Waals surface area contributed by atoms with Crippen LogP contribution in [0.4, 0.5) is 0 Å². The molecule has 0 N–H and O–H groups in total. The van der Waals surface area contributed by atoms with Gasteiger partial charge in [0.1, 0.15) is 11.5 Å². The van der Waals surface area contributed by atoms with E-state index in [9.17, 15) is 0 Å². The van der Waals surface area contributed by atoms with Crippen molar-refractivity contribution in [3.63, 3.8) is 0 Å². The minimum Gasteiger partial charge on any atom is -0.496 e. The Hall–Kier alpha value is -0.230. The van der Waals surface area contributed by atoms with Gasteiger partial charge >= 0.3 is 0 Å². The summed E-state index contributed by atoms with van der Waals surface area (Å²) in [5.74, 6) is 1.49. The van der Waals surface area contributed by atoms with Crippen LogP contribution in [0.1, 0.15) is 16.0 Å². The summed E-state index contributed by atoms with van der Waals surface area (Å²) in [6, 6.07) is 9.61. The van der Waals surface area contributed by atoms with Crippen molar-refractivity contribution in [2.24, 2.45) is 0 Å². The van der Waals surface area contributed by atoms with Gasteiger partial charge in [-0.1, -0.05) is 49.5 Å². The first-order chi connectivity index (χ1) is 9.97. The van der Waals surface area contributed by atoms with Crippen LogP contribution in [0.3, 0.4) is 0 Å². The van der Waals surface area contributed by atoms with Crippen molar-refractivity contribution in [2.45, 2.75) is 4.83 Å². The largest absolute Gasteiger partial charge is 0.496 e. The van der Waals surface area contributed by atoms with Gasteiger partial charge in [-0.3, -0.25) is 0 Å². The minimum atomic E-state index is -0.102. The molecular formula is C15H12Br3ClO2. The number of ether oxygens (including phenoxy) is 2. The highest BCUT2D eigenvalue weighted by atomic mass is 79.9. The van der Waals surface area contributed by atoms with Gasteiger partial charge < -0.3 is 9.47 Å². The Morgan fingerprint density at radius 2 is 1.62 bits per heavy atom. The zero-order valence-corrected chi connectivity index (χ0v) is 16.8. The molecule has 0 fully saturated rings. The second-order valence-electron chi connectivity index (χ2n) is 4.26. The number of hydrogen-bond acceptors (Lipinski definition) is 2. The molecule has 2 aromatic carbocycles. The van der Waals surface area contributed by atoms with Crippen molar-refractivity contribution in [1.82, 2.24) is 0 Å². The van der Waals surface area contributed by atoms with Crippen LogP contribution in [0.15, 0.2) is 39.3 Å². The maximum Gasteiger partial charge on any atom is 0.133 e. The summed E-state index contributed by atoms with van der Waals surface area (Å²) in [4.78, 5) is -0.102. The van der Waals surface area contributed by atoms with Gasteiger partial charge in [0, 0.05) is 15.1 Å².